The van der Waals surface area contributed by atoms with Gasteiger partial charge in [-0.2, -0.15) is 0 Å². The van der Waals surface area contributed by atoms with Crippen molar-refractivity contribution < 1.29 is 9.59 Å². The van der Waals surface area contributed by atoms with Gasteiger partial charge in [-0.3, -0.25) is 9.59 Å². The largest absolute Gasteiger partial charge is 0.345 e. The molecule has 1 N–H and O–H groups in total. The van der Waals surface area contributed by atoms with Crippen LogP contribution in [-0.2, 0) is 9.59 Å². The molecule has 16 heavy (non-hydrogen) atoms. The Hall–Kier alpha value is -1.16. The van der Waals surface area contributed by atoms with Crippen LogP contribution in [0.1, 0.15) is 20.8 Å². The number of hydrogen-bond donors (Lipinski definition) is 1. The average Bonchev–Trinajstić information content (AvgIpc) is 2.11. The van der Waals surface area contributed by atoms with Crippen molar-refractivity contribution in [2.75, 3.05) is 27.2 Å². The summed E-state index contributed by atoms with van der Waals surface area (Å²) < 4.78 is 0. The third-order valence-corrected chi connectivity index (χ3v) is 2.00. The van der Waals surface area contributed by atoms with Crippen LogP contribution < -0.4 is 5.32 Å². The summed E-state index contributed by atoms with van der Waals surface area (Å²) in [6, 6.07) is 0. The Labute approximate surface area is 97.7 Å². The van der Waals surface area contributed by atoms with Crippen LogP contribution in [0, 0.1) is 5.41 Å². The van der Waals surface area contributed by atoms with Gasteiger partial charge < -0.3 is 10.2 Å². The molecule has 0 bridgehead atoms. The molecule has 0 saturated carbocycles. The summed E-state index contributed by atoms with van der Waals surface area (Å²) in [6.07, 6.45) is 3.22. The van der Waals surface area contributed by atoms with Gasteiger partial charge in [0.2, 0.25) is 5.91 Å². The molecule has 0 heterocycles. The van der Waals surface area contributed by atoms with Crippen LogP contribution >= 0.6 is 0 Å². The van der Waals surface area contributed by atoms with E-state index in [1.807, 2.05) is 39.8 Å². The number of Topliss-reactive ketones (excluding diaryl/α,β-unsaturated/α-hetero) is 1. The maximum Gasteiger partial charge on any atom is 0.244 e. The number of hydrogen-bond acceptors (Lipinski definition) is 3. The van der Waals surface area contributed by atoms with Crippen molar-refractivity contribution in [3.8, 4) is 0 Å². The molecule has 0 atom stereocenters. The summed E-state index contributed by atoms with van der Waals surface area (Å²) in [5, 5.41) is 2.57. The van der Waals surface area contributed by atoms with Crippen LogP contribution in [-0.4, -0.2) is 43.8 Å². The third-order valence-electron chi connectivity index (χ3n) is 2.00. The summed E-state index contributed by atoms with van der Waals surface area (Å²) in [4.78, 5) is 24.7. The Morgan fingerprint density at radius 2 is 1.81 bits per heavy atom. The van der Waals surface area contributed by atoms with Crippen molar-refractivity contribution in [1.82, 2.24) is 10.2 Å². The fourth-order valence-corrected chi connectivity index (χ4v) is 0.862. The van der Waals surface area contributed by atoms with Gasteiger partial charge >= 0.3 is 0 Å². The predicted molar refractivity (Wildman–Crippen MR) is 65.2 cm³/mol. The van der Waals surface area contributed by atoms with E-state index in [0.29, 0.717) is 6.54 Å². The molecular weight excluding hydrogens is 204 g/mol. The number of nitrogens with zero attached hydrogens (tertiary/aromatic N) is 1. The number of ketones is 1. The molecule has 0 fully saturated rings. The second kappa shape index (κ2) is 6.43. The minimum atomic E-state index is -0.402. The van der Waals surface area contributed by atoms with Gasteiger partial charge in [-0.15, -0.1) is 0 Å². The highest BCUT2D eigenvalue weighted by Crippen LogP contribution is 2.13. The lowest BCUT2D eigenvalue weighted by Crippen LogP contribution is -2.34. The van der Waals surface area contributed by atoms with Gasteiger partial charge in [0.25, 0.3) is 0 Å². The zero-order valence-corrected chi connectivity index (χ0v) is 10.8. The molecule has 1 amide bonds. The lowest BCUT2D eigenvalue weighted by molar-refractivity contribution is -0.127. The summed E-state index contributed by atoms with van der Waals surface area (Å²) in [5.41, 5.74) is -0.402. The molecule has 0 aliphatic carbocycles. The van der Waals surface area contributed by atoms with E-state index in [1.165, 1.54) is 6.08 Å². The molecule has 4 nitrogen and oxygen atoms in total. The number of carbonyl (C=O) groups excluding carboxylic acids is 2. The first-order chi connectivity index (χ1) is 7.23. The molecule has 0 aliphatic heterocycles. The topological polar surface area (TPSA) is 49.4 Å². The average molecular weight is 226 g/mol. The zero-order valence-electron chi connectivity index (χ0n) is 10.8. The summed E-state index contributed by atoms with van der Waals surface area (Å²) in [7, 11) is 3.84. The van der Waals surface area contributed by atoms with E-state index >= 15 is 0 Å². The van der Waals surface area contributed by atoms with Crippen LogP contribution in [0.15, 0.2) is 12.2 Å². The Bertz CT molecular complexity index is 275. The monoisotopic (exact) mass is 226 g/mol. The van der Waals surface area contributed by atoms with Crippen LogP contribution in [0.5, 0.6) is 0 Å². The Kier molecular flexibility index (Phi) is 5.96. The van der Waals surface area contributed by atoms with E-state index in [4.69, 9.17) is 0 Å². The molecular formula is C12H22N2O2. The van der Waals surface area contributed by atoms with Gasteiger partial charge in [-0.1, -0.05) is 26.8 Å². The quantitative estimate of drug-likeness (QED) is 0.707. The Balaban J connectivity index is 3.91. The molecule has 4 heteroatoms. The highest BCUT2D eigenvalue weighted by atomic mass is 16.2. The molecule has 0 aromatic heterocycles. The summed E-state index contributed by atoms with van der Waals surface area (Å²) in [5.74, 6) is -0.193. The Morgan fingerprint density at radius 1 is 1.25 bits per heavy atom. The number of nitrogens with one attached hydrogen (secondary N) is 1. The van der Waals surface area contributed by atoms with E-state index in [-0.39, 0.29) is 18.2 Å². The fourth-order valence-electron chi connectivity index (χ4n) is 0.862. The highest BCUT2D eigenvalue weighted by Gasteiger charge is 2.20. The van der Waals surface area contributed by atoms with Crippen LogP contribution in [0.3, 0.4) is 0 Å². The highest BCUT2D eigenvalue weighted by molar-refractivity contribution is 5.93. The smallest absolute Gasteiger partial charge is 0.244 e. The van der Waals surface area contributed by atoms with E-state index < -0.39 is 5.41 Å². The van der Waals surface area contributed by atoms with Gasteiger partial charge in [-0.25, -0.2) is 0 Å². The first-order valence-electron chi connectivity index (χ1n) is 5.36. The van der Waals surface area contributed by atoms with E-state index in [2.05, 4.69) is 5.32 Å². The van der Waals surface area contributed by atoms with Crippen molar-refractivity contribution in [3.05, 3.63) is 12.2 Å². The number of rotatable bonds is 5. The number of carbonyl (C=O) groups is 2. The van der Waals surface area contributed by atoms with Crippen molar-refractivity contribution in [1.29, 1.82) is 0 Å². The van der Waals surface area contributed by atoms with Crippen molar-refractivity contribution in [3.63, 3.8) is 0 Å². The molecule has 0 rings (SSSR count). The van der Waals surface area contributed by atoms with Gasteiger partial charge in [0.1, 0.15) is 0 Å². The van der Waals surface area contributed by atoms with Crippen LogP contribution in [0.25, 0.3) is 0 Å². The van der Waals surface area contributed by atoms with Crippen LogP contribution in [0.2, 0.25) is 0 Å². The van der Waals surface area contributed by atoms with Crippen LogP contribution in [0.4, 0.5) is 0 Å². The molecule has 0 aromatic carbocycles. The number of amides is 1. The standard InChI is InChI=1S/C12H22N2O2/c1-12(2,3)10(15)9-13-11(16)7-6-8-14(4)5/h6-7H,8-9H2,1-5H3,(H,13,16)/b7-6+. The lowest BCUT2D eigenvalue weighted by Gasteiger charge is -2.16. The normalized spacial score (nSPS) is 12.1. The maximum atomic E-state index is 11.5. The first kappa shape index (κ1) is 14.8. The lowest BCUT2D eigenvalue weighted by atomic mass is 9.91. The molecule has 0 aromatic rings. The zero-order chi connectivity index (χ0) is 12.8. The Morgan fingerprint density at radius 3 is 2.25 bits per heavy atom. The summed E-state index contributed by atoms with van der Waals surface area (Å²) >= 11 is 0. The van der Waals surface area contributed by atoms with E-state index in [9.17, 15) is 9.59 Å². The predicted octanol–water partition coefficient (Wildman–Crippen LogP) is 0.836. The van der Waals surface area contributed by atoms with Crippen molar-refractivity contribution >= 4 is 11.7 Å². The molecule has 0 radical (unpaired) electrons. The van der Waals surface area contributed by atoms with Crippen molar-refractivity contribution in [2.24, 2.45) is 5.41 Å². The molecule has 0 unspecified atom stereocenters. The second-order valence-electron chi connectivity index (χ2n) is 5.06. The molecule has 92 valence electrons. The van der Waals surface area contributed by atoms with Gasteiger partial charge in [0, 0.05) is 18.0 Å². The van der Waals surface area contributed by atoms with Crippen molar-refractivity contribution in [2.45, 2.75) is 20.8 Å². The number of likely N-dealkylation sites (N-methyl/N-ethyl adjacent to an activating group) is 1. The third kappa shape index (κ3) is 7.17. The van der Waals surface area contributed by atoms with E-state index in [0.717, 1.165) is 0 Å². The minimum Gasteiger partial charge on any atom is -0.345 e. The maximum absolute atomic E-state index is 11.5. The summed E-state index contributed by atoms with van der Waals surface area (Å²) in [6.45, 7) is 6.31. The molecule has 0 saturated heterocycles. The van der Waals surface area contributed by atoms with E-state index in [1.54, 1.807) is 6.08 Å². The minimum absolute atomic E-state index is 0.0295. The van der Waals surface area contributed by atoms with Gasteiger partial charge in [0.05, 0.1) is 6.54 Å². The SMILES string of the molecule is CN(C)C/C=C/C(=O)NCC(=O)C(C)(C)C. The van der Waals surface area contributed by atoms with Gasteiger partial charge in [-0.05, 0) is 14.1 Å². The van der Waals surface area contributed by atoms with Gasteiger partial charge in [0.15, 0.2) is 5.78 Å². The molecule has 0 aliphatic rings. The fraction of sp³-hybridized carbons (Fsp3) is 0.667. The second-order valence-corrected chi connectivity index (χ2v) is 5.06. The first-order valence-corrected chi connectivity index (χ1v) is 5.36. The molecule has 0 spiro atoms.